The van der Waals surface area contributed by atoms with E-state index >= 15 is 0 Å². The number of rotatable bonds is 7. The Morgan fingerprint density at radius 2 is 2.06 bits per heavy atom. The minimum Gasteiger partial charge on any atom is -0.481 e. The molecule has 0 spiro atoms. The van der Waals surface area contributed by atoms with Crippen LogP contribution in [0.2, 0.25) is 0 Å². The van der Waals surface area contributed by atoms with Gasteiger partial charge in [0.2, 0.25) is 0 Å². The highest BCUT2D eigenvalue weighted by molar-refractivity contribution is 8.01. The summed E-state index contributed by atoms with van der Waals surface area (Å²) in [5.74, 6) is -0.799. The Bertz CT molecular complexity index is 396. The van der Waals surface area contributed by atoms with E-state index in [2.05, 4.69) is 13.8 Å². The minimum absolute atomic E-state index is 0.0480. The predicted molar refractivity (Wildman–Crippen MR) is 71.1 cm³/mol. The number of ketones is 1. The van der Waals surface area contributed by atoms with E-state index in [1.54, 1.807) is 11.8 Å². The molecule has 1 N–H and O–H groups in total. The topological polar surface area (TPSA) is 54.4 Å². The number of carbonyl (C=O) groups excluding carboxylic acids is 1. The van der Waals surface area contributed by atoms with Crippen LogP contribution in [0.1, 0.15) is 42.8 Å². The molecule has 0 aliphatic carbocycles. The zero-order valence-electron chi connectivity index (χ0n) is 9.93. The number of Topliss-reactive ketones (excluding diaryl/α,β-unsaturated/α-hetero) is 1. The van der Waals surface area contributed by atoms with Gasteiger partial charge in [0.05, 0.1) is 9.09 Å². The molecule has 0 aliphatic heterocycles. The van der Waals surface area contributed by atoms with E-state index in [0.29, 0.717) is 18.1 Å². The Kier molecular flexibility index (Phi) is 5.71. The molecule has 0 aliphatic rings. The van der Waals surface area contributed by atoms with Crippen LogP contribution in [-0.2, 0) is 4.79 Å². The third-order valence-electron chi connectivity index (χ3n) is 2.00. The number of aliphatic carboxylic acids is 1. The Hall–Kier alpha value is -0.810. The normalized spacial score (nSPS) is 10.8. The Labute approximate surface area is 109 Å². The van der Waals surface area contributed by atoms with Crippen LogP contribution < -0.4 is 0 Å². The van der Waals surface area contributed by atoms with Crippen molar-refractivity contribution in [2.24, 2.45) is 0 Å². The van der Waals surface area contributed by atoms with Crippen LogP contribution in [0.15, 0.2) is 16.3 Å². The van der Waals surface area contributed by atoms with Crippen LogP contribution in [0.25, 0.3) is 0 Å². The summed E-state index contributed by atoms with van der Waals surface area (Å²) in [6.07, 6.45) is 0.794. The summed E-state index contributed by atoms with van der Waals surface area (Å²) < 4.78 is 1.14. The second-order valence-corrected chi connectivity index (χ2v) is 6.92. The minimum atomic E-state index is -0.847. The van der Waals surface area contributed by atoms with Crippen molar-refractivity contribution in [3.8, 4) is 0 Å². The van der Waals surface area contributed by atoms with Crippen molar-refractivity contribution in [1.82, 2.24) is 0 Å². The first-order valence-corrected chi connectivity index (χ1v) is 7.20. The first-order valence-electron chi connectivity index (χ1n) is 5.50. The van der Waals surface area contributed by atoms with E-state index < -0.39 is 5.97 Å². The maximum absolute atomic E-state index is 11.7. The first kappa shape index (κ1) is 14.3. The highest BCUT2D eigenvalue weighted by Gasteiger charge is 2.11. The van der Waals surface area contributed by atoms with Crippen LogP contribution in [0.5, 0.6) is 0 Å². The van der Waals surface area contributed by atoms with E-state index in [1.807, 2.05) is 12.1 Å². The molecule has 5 heteroatoms. The highest BCUT2D eigenvalue weighted by atomic mass is 32.2. The summed E-state index contributed by atoms with van der Waals surface area (Å²) in [6.45, 7) is 4.22. The van der Waals surface area contributed by atoms with Gasteiger partial charge in [-0.25, -0.2) is 0 Å². The maximum Gasteiger partial charge on any atom is 0.303 e. The zero-order chi connectivity index (χ0) is 12.8. The SMILES string of the molecule is CC(C)Sc1ccc(C(=O)CCCC(=O)O)s1. The third-order valence-corrected chi connectivity index (χ3v) is 4.30. The van der Waals surface area contributed by atoms with Gasteiger partial charge in [0.25, 0.3) is 0 Å². The van der Waals surface area contributed by atoms with Crippen LogP contribution in [0.3, 0.4) is 0 Å². The van der Waals surface area contributed by atoms with Gasteiger partial charge >= 0.3 is 5.97 Å². The standard InChI is InChI=1S/C12H16O3S2/c1-8(2)16-12-7-6-10(17-12)9(13)4-3-5-11(14)15/h6-8H,3-5H2,1-2H3,(H,14,15). The van der Waals surface area contributed by atoms with E-state index in [9.17, 15) is 9.59 Å². The van der Waals surface area contributed by atoms with Gasteiger partial charge in [-0.15, -0.1) is 23.1 Å². The number of thiophene rings is 1. The first-order chi connectivity index (χ1) is 7.99. The molecule has 0 bridgehead atoms. The van der Waals surface area contributed by atoms with Crippen molar-refractivity contribution in [2.45, 2.75) is 42.6 Å². The van der Waals surface area contributed by atoms with Crippen molar-refractivity contribution >= 4 is 34.9 Å². The van der Waals surface area contributed by atoms with Crippen molar-refractivity contribution in [3.05, 3.63) is 17.0 Å². The lowest BCUT2D eigenvalue weighted by atomic mass is 10.1. The number of carboxylic acids is 1. The van der Waals surface area contributed by atoms with Gasteiger partial charge in [0.15, 0.2) is 5.78 Å². The Balaban J connectivity index is 2.46. The van der Waals surface area contributed by atoms with Crippen LogP contribution in [0.4, 0.5) is 0 Å². The van der Waals surface area contributed by atoms with Crippen LogP contribution in [-0.4, -0.2) is 22.1 Å². The lowest BCUT2D eigenvalue weighted by molar-refractivity contribution is -0.137. The smallest absolute Gasteiger partial charge is 0.303 e. The molecule has 0 amide bonds. The van der Waals surface area contributed by atoms with E-state index in [-0.39, 0.29) is 12.2 Å². The second-order valence-electron chi connectivity index (χ2n) is 3.96. The number of carboxylic acid groups (broad SMARTS) is 1. The monoisotopic (exact) mass is 272 g/mol. The largest absolute Gasteiger partial charge is 0.481 e. The lowest BCUT2D eigenvalue weighted by Crippen LogP contribution is -1.99. The van der Waals surface area contributed by atoms with Gasteiger partial charge < -0.3 is 5.11 Å². The molecule has 0 atom stereocenters. The molecule has 94 valence electrons. The van der Waals surface area contributed by atoms with Crippen molar-refractivity contribution in [2.75, 3.05) is 0 Å². The highest BCUT2D eigenvalue weighted by Crippen LogP contribution is 2.30. The van der Waals surface area contributed by atoms with Gasteiger partial charge in [0.1, 0.15) is 0 Å². The molecular formula is C12H16O3S2. The third kappa shape index (κ3) is 5.37. The lowest BCUT2D eigenvalue weighted by Gasteiger charge is -1.99. The van der Waals surface area contributed by atoms with Gasteiger partial charge in [-0.05, 0) is 18.6 Å². The molecular weight excluding hydrogens is 256 g/mol. The molecule has 1 aromatic rings. The number of hydrogen-bond donors (Lipinski definition) is 1. The second kappa shape index (κ2) is 6.81. The molecule has 0 fully saturated rings. The molecule has 3 nitrogen and oxygen atoms in total. The number of thioether (sulfide) groups is 1. The molecule has 1 heterocycles. The van der Waals surface area contributed by atoms with Gasteiger partial charge in [-0.3, -0.25) is 9.59 Å². The zero-order valence-corrected chi connectivity index (χ0v) is 11.6. The Morgan fingerprint density at radius 3 is 2.65 bits per heavy atom. The fourth-order valence-electron chi connectivity index (χ4n) is 1.29. The summed E-state index contributed by atoms with van der Waals surface area (Å²) in [6, 6.07) is 3.79. The number of carbonyl (C=O) groups is 2. The average Bonchev–Trinajstić information content (AvgIpc) is 2.64. The van der Waals surface area contributed by atoms with E-state index in [4.69, 9.17) is 5.11 Å². The maximum atomic E-state index is 11.7. The fraction of sp³-hybridized carbons (Fsp3) is 0.500. The molecule has 17 heavy (non-hydrogen) atoms. The van der Waals surface area contributed by atoms with Crippen LogP contribution in [0, 0.1) is 0 Å². The molecule has 0 saturated carbocycles. The van der Waals surface area contributed by atoms with E-state index in [1.165, 1.54) is 11.3 Å². The predicted octanol–water partition coefficient (Wildman–Crippen LogP) is 3.69. The summed E-state index contributed by atoms with van der Waals surface area (Å²) in [7, 11) is 0. The van der Waals surface area contributed by atoms with E-state index in [0.717, 1.165) is 9.09 Å². The fourth-order valence-corrected chi connectivity index (χ4v) is 3.64. The van der Waals surface area contributed by atoms with Crippen molar-refractivity contribution in [3.63, 3.8) is 0 Å². The quantitative estimate of drug-likeness (QED) is 0.607. The molecule has 0 aromatic carbocycles. The molecule has 0 saturated heterocycles. The van der Waals surface area contributed by atoms with Gasteiger partial charge in [-0.1, -0.05) is 13.8 Å². The average molecular weight is 272 g/mol. The molecule has 1 aromatic heterocycles. The summed E-state index contributed by atoms with van der Waals surface area (Å²) in [5.41, 5.74) is 0. The van der Waals surface area contributed by atoms with Crippen LogP contribution >= 0.6 is 23.1 Å². The summed E-state index contributed by atoms with van der Waals surface area (Å²) in [4.78, 5) is 22.8. The Morgan fingerprint density at radius 1 is 1.35 bits per heavy atom. The van der Waals surface area contributed by atoms with Gasteiger partial charge in [0, 0.05) is 18.1 Å². The molecule has 0 unspecified atom stereocenters. The number of hydrogen-bond acceptors (Lipinski definition) is 4. The van der Waals surface area contributed by atoms with Crippen molar-refractivity contribution < 1.29 is 14.7 Å². The molecule has 0 radical (unpaired) electrons. The molecule has 1 rings (SSSR count). The summed E-state index contributed by atoms with van der Waals surface area (Å²) >= 11 is 3.23. The van der Waals surface area contributed by atoms with Crippen molar-refractivity contribution in [1.29, 1.82) is 0 Å². The van der Waals surface area contributed by atoms with Gasteiger partial charge in [-0.2, -0.15) is 0 Å². The summed E-state index contributed by atoms with van der Waals surface area (Å²) in [5, 5.41) is 8.99.